The summed E-state index contributed by atoms with van der Waals surface area (Å²) in [5, 5.41) is 2.76. The Morgan fingerprint density at radius 1 is 1.29 bits per heavy atom. The zero-order valence-corrected chi connectivity index (χ0v) is 13.4. The van der Waals surface area contributed by atoms with Gasteiger partial charge >= 0.3 is 0 Å². The Kier molecular flexibility index (Phi) is 3.91. The molecule has 0 fully saturated rings. The van der Waals surface area contributed by atoms with Crippen LogP contribution >= 0.6 is 27.3 Å². The van der Waals surface area contributed by atoms with Crippen LogP contribution in [0.4, 0.5) is 5.95 Å². The molecule has 0 amide bonds. The van der Waals surface area contributed by atoms with E-state index in [1.54, 1.807) is 13.2 Å². The number of fused-ring (bicyclic) bond motifs is 1. The van der Waals surface area contributed by atoms with Crippen molar-refractivity contribution in [3.05, 3.63) is 34.1 Å². The largest absolute Gasteiger partial charge is 0.497 e. The van der Waals surface area contributed by atoms with Crippen molar-refractivity contribution in [1.82, 2.24) is 9.97 Å². The van der Waals surface area contributed by atoms with E-state index < -0.39 is 0 Å². The highest BCUT2D eigenvalue weighted by molar-refractivity contribution is 9.10. The predicted molar refractivity (Wildman–Crippen MR) is 86.0 cm³/mol. The highest BCUT2D eigenvalue weighted by Gasteiger charge is 2.12. The Bertz CT molecular complexity index is 793. The first-order valence-corrected chi connectivity index (χ1v) is 7.62. The van der Waals surface area contributed by atoms with Crippen molar-refractivity contribution >= 4 is 43.4 Å². The van der Waals surface area contributed by atoms with Crippen molar-refractivity contribution in [3.63, 3.8) is 0 Å². The summed E-state index contributed by atoms with van der Waals surface area (Å²) in [5.74, 6) is 7.51. The summed E-state index contributed by atoms with van der Waals surface area (Å²) >= 11 is 4.94. The molecule has 0 saturated heterocycles. The van der Waals surface area contributed by atoms with Crippen LogP contribution in [0.25, 0.3) is 10.2 Å². The number of nitrogens with one attached hydrogen (secondary N) is 1. The molecule has 8 heteroatoms. The number of hydrogen-bond acceptors (Lipinski definition) is 7. The molecule has 0 aliphatic rings. The molecule has 3 N–H and O–H groups in total. The van der Waals surface area contributed by atoms with Gasteiger partial charge in [0, 0.05) is 0 Å². The molecule has 0 aliphatic carbocycles. The number of rotatable bonds is 4. The Morgan fingerprint density at radius 3 is 2.86 bits per heavy atom. The fourth-order valence-electron chi connectivity index (χ4n) is 1.77. The molecular weight excluding hydrogens is 356 g/mol. The summed E-state index contributed by atoms with van der Waals surface area (Å²) in [5.41, 5.74) is 2.44. The molecule has 3 aromatic rings. The van der Waals surface area contributed by atoms with Gasteiger partial charge in [0.2, 0.25) is 11.8 Å². The Balaban J connectivity index is 2.03. The van der Waals surface area contributed by atoms with Crippen molar-refractivity contribution in [2.45, 2.75) is 0 Å². The van der Waals surface area contributed by atoms with Crippen molar-refractivity contribution in [3.8, 4) is 17.4 Å². The summed E-state index contributed by atoms with van der Waals surface area (Å²) in [4.78, 5) is 9.32. The van der Waals surface area contributed by atoms with E-state index in [-0.39, 0.29) is 0 Å². The van der Waals surface area contributed by atoms with Gasteiger partial charge in [-0.1, -0.05) is 0 Å². The lowest BCUT2D eigenvalue weighted by molar-refractivity contribution is 0.411. The van der Waals surface area contributed by atoms with Gasteiger partial charge in [-0.3, -0.25) is 5.43 Å². The summed E-state index contributed by atoms with van der Waals surface area (Å²) in [6.07, 6.45) is 0. The van der Waals surface area contributed by atoms with Gasteiger partial charge in [-0.25, -0.2) is 10.8 Å². The van der Waals surface area contributed by atoms with Crippen molar-refractivity contribution in [1.29, 1.82) is 0 Å². The Labute approximate surface area is 133 Å². The lowest BCUT2D eigenvalue weighted by Gasteiger charge is -2.10. The Morgan fingerprint density at radius 2 is 2.14 bits per heavy atom. The highest BCUT2D eigenvalue weighted by Crippen LogP contribution is 2.36. The molecule has 0 atom stereocenters. The Hall–Kier alpha value is -1.90. The van der Waals surface area contributed by atoms with Gasteiger partial charge in [-0.05, 0) is 45.6 Å². The SMILES string of the molecule is COc1ccc(Oc2nc(NN)nc3sccc23)c(Br)c1. The number of halogens is 1. The molecule has 0 saturated carbocycles. The molecule has 0 unspecified atom stereocenters. The topological polar surface area (TPSA) is 82.3 Å². The van der Waals surface area contributed by atoms with E-state index in [1.165, 1.54) is 11.3 Å². The number of hydrazine groups is 1. The number of anilines is 1. The van der Waals surface area contributed by atoms with Gasteiger partial charge in [-0.2, -0.15) is 4.98 Å². The average molecular weight is 367 g/mol. The maximum Gasteiger partial charge on any atom is 0.241 e. The van der Waals surface area contributed by atoms with E-state index in [1.807, 2.05) is 23.6 Å². The van der Waals surface area contributed by atoms with Gasteiger partial charge in [0.05, 0.1) is 17.0 Å². The van der Waals surface area contributed by atoms with Crippen LogP contribution < -0.4 is 20.7 Å². The number of benzene rings is 1. The third-order valence-electron chi connectivity index (χ3n) is 2.76. The zero-order chi connectivity index (χ0) is 14.8. The van der Waals surface area contributed by atoms with Gasteiger partial charge < -0.3 is 9.47 Å². The third-order valence-corrected chi connectivity index (χ3v) is 4.19. The van der Waals surface area contributed by atoms with Crippen LogP contribution in [0.15, 0.2) is 34.1 Å². The fourth-order valence-corrected chi connectivity index (χ4v) is 2.96. The minimum absolute atomic E-state index is 0.310. The van der Waals surface area contributed by atoms with E-state index in [4.69, 9.17) is 15.3 Å². The fraction of sp³-hybridized carbons (Fsp3) is 0.0769. The van der Waals surface area contributed by atoms with E-state index >= 15 is 0 Å². The van der Waals surface area contributed by atoms with Gasteiger partial charge in [-0.15, -0.1) is 11.3 Å². The summed E-state index contributed by atoms with van der Waals surface area (Å²) in [7, 11) is 1.61. The molecule has 3 rings (SSSR count). The van der Waals surface area contributed by atoms with Gasteiger partial charge in [0.15, 0.2) is 0 Å². The number of thiophene rings is 1. The lowest BCUT2D eigenvalue weighted by Crippen LogP contribution is -2.10. The standard InChI is InChI=1S/C13H11BrN4O2S/c1-19-7-2-3-10(9(14)6-7)20-11-8-4-5-21-12(8)17-13(16-11)18-15/h2-6H,15H2,1H3,(H,16,17,18). The van der Waals surface area contributed by atoms with Crippen LogP contribution in [0.5, 0.6) is 17.4 Å². The molecule has 2 aromatic heterocycles. The molecule has 0 radical (unpaired) electrons. The monoisotopic (exact) mass is 366 g/mol. The van der Waals surface area contributed by atoms with Crippen LogP contribution in [-0.4, -0.2) is 17.1 Å². The first kappa shape index (κ1) is 14.1. The maximum absolute atomic E-state index is 5.88. The quantitative estimate of drug-likeness (QED) is 0.542. The number of nitrogen functional groups attached to an aromatic ring is 1. The molecule has 21 heavy (non-hydrogen) atoms. The number of ether oxygens (including phenoxy) is 2. The smallest absolute Gasteiger partial charge is 0.241 e. The van der Waals surface area contributed by atoms with E-state index in [0.717, 1.165) is 20.4 Å². The molecule has 6 nitrogen and oxygen atoms in total. The van der Waals surface area contributed by atoms with Crippen LogP contribution in [0.1, 0.15) is 0 Å². The summed E-state index contributed by atoms with van der Waals surface area (Å²) in [6.45, 7) is 0. The van der Waals surface area contributed by atoms with E-state index in [2.05, 4.69) is 31.3 Å². The maximum atomic E-state index is 5.88. The normalized spacial score (nSPS) is 10.6. The summed E-state index contributed by atoms with van der Waals surface area (Å²) in [6, 6.07) is 7.35. The molecule has 1 aromatic carbocycles. The second-order valence-corrected chi connectivity index (χ2v) is 5.78. The first-order valence-electron chi connectivity index (χ1n) is 5.94. The van der Waals surface area contributed by atoms with E-state index in [0.29, 0.717) is 17.6 Å². The van der Waals surface area contributed by atoms with Crippen molar-refractivity contribution < 1.29 is 9.47 Å². The van der Waals surface area contributed by atoms with Crippen molar-refractivity contribution in [2.24, 2.45) is 5.84 Å². The average Bonchev–Trinajstić information content (AvgIpc) is 2.97. The summed E-state index contributed by atoms with van der Waals surface area (Å²) < 4.78 is 11.8. The highest BCUT2D eigenvalue weighted by atomic mass is 79.9. The molecule has 108 valence electrons. The lowest BCUT2D eigenvalue weighted by atomic mass is 10.3. The van der Waals surface area contributed by atoms with Crippen LogP contribution in [0, 0.1) is 0 Å². The molecule has 2 heterocycles. The molecule has 0 spiro atoms. The zero-order valence-electron chi connectivity index (χ0n) is 11.0. The second-order valence-electron chi connectivity index (χ2n) is 4.03. The third kappa shape index (κ3) is 2.78. The van der Waals surface area contributed by atoms with Crippen LogP contribution in [0.3, 0.4) is 0 Å². The van der Waals surface area contributed by atoms with Crippen LogP contribution in [-0.2, 0) is 0 Å². The predicted octanol–water partition coefficient (Wildman–Crippen LogP) is 3.54. The number of hydrogen-bond donors (Lipinski definition) is 2. The minimum Gasteiger partial charge on any atom is -0.497 e. The van der Waals surface area contributed by atoms with Gasteiger partial charge in [0.25, 0.3) is 0 Å². The molecule has 0 aliphatic heterocycles. The number of nitrogens with two attached hydrogens (primary N) is 1. The molecule has 0 bridgehead atoms. The van der Waals surface area contributed by atoms with Crippen LogP contribution in [0.2, 0.25) is 0 Å². The number of methoxy groups -OCH3 is 1. The van der Waals surface area contributed by atoms with Gasteiger partial charge in [0.1, 0.15) is 16.3 Å². The minimum atomic E-state index is 0.310. The molecular formula is C13H11BrN4O2S. The number of aromatic nitrogens is 2. The van der Waals surface area contributed by atoms with Crippen molar-refractivity contribution in [2.75, 3.05) is 12.5 Å². The second kappa shape index (κ2) is 5.84. The first-order chi connectivity index (χ1) is 10.2. The number of nitrogens with zero attached hydrogens (tertiary/aromatic N) is 2. The van der Waals surface area contributed by atoms with E-state index in [9.17, 15) is 0 Å².